The Labute approximate surface area is 186 Å². The van der Waals surface area contributed by atoms with Crippen molar-refractivity contribution < 1.29 is 14.6 Å². The summed E-state index contributed by atoms with van der Waals surface area (Å²) in [5, 5.41) is 11.3. The van der Waals surface area contributed by atoms with E-state index >= 15 is 0 Å². The highest BCUT2D eigenvalue weighted by Crippen LogP contribution is 2.31. The van der Waals surface area contributed by atoms with E-state index in [2.05, 4.69) is 29.2 Å². The smallest absolute Gasteiger partial charge is 0.410 e. The average molecular weight is 425 g/mol. The van der Waals surface area contributed by atoms with Gasteiger partial charge in [0, 0.05) is 26.1 Å². The lowest BCUT2D eigenvalue weighted by molar-refractivity contribution is -0.0333. The van der Waals surface area contributed by atoms with Crippen molar-refractivity contribution in [1.82, 2.24) is 9.80 Å². The van der Waals surface area contributed by atoms with Crippen molar-refractivity contribution >= 4 is 6.09 Å². The minimum Gasteiger partial charge on any atom is -0.444 e. The third kappa shape index (κ3) is 6.81. The molecule has 1 unspecified atom stereocenters. The zero-order valence-electron chi connectivity index (χ0n) is 19.0. The molecule has 1 N–H and O–H groups in total. The number of aliphatic hydroxyl groups excluding tert-OH is 1. The standard InChI is InChI=1S/C26H36N2O3/c1-26(2,3)31-25(30)27-18-11-6-12-19-28(23(29)17-20-27)24(21-13-7-4-8-14-21)22-15-9-5-10-16-22/h4-5,7-10,13-16,23-24,29H,6,11-12,17-20H2,1-3H3. The Balaban J connectivity index is 1.83. The summed E-state index contributed by atoms with van der Waals surface area (Å²) in [5.41, 5.74) is 1.80. The summed E-state index contributed by atoms with van der Waals surface area (Å²) in [6, 6.07) is 20.7. The van der Waals surface area contributed by atoms with Gasteiger partial charge in [0.25, 0.3) is 0 Å². The van der Waals surface area contributed by atoms with Gasteiger partial charge in [0.1, 0.15) is 11.8 Å². The van der Waals surface area contributed by atoms with Crippen molar-refractivity contribution in [2.24, 2.45) is 0 Å². The monoisotopic (exact) mass is 424 g/mol. The van der Waals surface area contributed by atoms with Gasteiger partial charge in [-0.15, -0.1) is 0 Å². The molecule has 31 heavy (non-hydrogen) atoms. The molecular weight excluding hydrogens is 388 g/mol. The van der Waals surface area contributed by atoms with E-state index in [1.165, 1.54) is 0 Å². The average Bonchev–Trinajstić information content (AvgIpc) is 2.74. The van der Waals surface area contributed by atoms with E-state index in [-0.39, 0.29) is 12.1 Å². The Morgan fingerprint density at radius 2 is 1.45 bits per heavy atom. The van der Waals surface area contributed by atoms with Crippen molar-refractivity contribution in [1.29, 1.82) is 0 Å². The fourth-order valence-electron chi connectivity index (χ4n) is 4.13. The van der Waals surface area contributed by atoms with Crippen LogP contribution in [0, 0.1) is 0 Å². The number of carbonyl (C=O) groups excluding carboxylic acids is 1. The SMILES string of the molecule is CC(C)(C)OC(=O)N1CCCCCN(C(c2ccccc2)c2ccccc2)C(O)CC1. The van der Waals surface area contributed by atoms with Gasteiger partial charge in [0.2, 0.25) is 0 Å². The lowest BCUT2D eigenvalue weighted by atomic mass is 9.96. The van der Waals surface area contributed by atoms with Gasteiger partial charge in [-0.25, -0.2) is 4.79 Å². The van der Waals surface area contributed by atoms with E-state index in [0.717, 1.165) is 36.9 Å². The third-order valence-corrected chi connectivity index (χ3v) is 5.60. The van der Waals surface area contributed by atoms with E-state index in [1.54, 1.807) is 4.90 Å². The summed E-state index contributed by atoms with van der Waals surface area (Å²) in [6.45, 7) is 7.60. The fraction of sp³-hybridized carbons (Fsp3) is 0.500. The number of benzene rings is 2. The van der Waals surface area contributed by atoms with Gasteiger partial charge in [-0.1, -0.05) is 67.1 Å². The van der Waals surface area contributed by atoms with Crippen LogP contribution in [0.15, 0.2) is 60.7 Å². The molecule has 0 aromatic heterocycles. The molecule has 1 saturated heterocycles. The van der Waals surface area contributed by atoms with Crippen molar-refractivity contribution in [2.45, 2.75) is 64.3 Å². The number of carbonyl (C=O) groups is 1. The Bertz CT molecular complexity index is 765. The molecule has 0 aliphatic carbocycles. The highest BCUT2D eigenvalue weighted by Gasteiger charge is 2.30. The molecule has 0 spiro atoms. The normalized spacial score (nSPS) is 19.3. The summed E-state index contributed by atoms with van der Waals surface area (Å²) in [5.74, 6) is 0. The minimum absolute atomic E-state index is 0.0354. The number of amides is 1. The summed E-state index contributed by atoms with van der Waals surface area (Å²) in [7, 11) is 0. The summed E-state index contributed by atoms with van der Waals surface area (Å²) >= 11 is 0. The molecule has 3 rings (SSSR count). The molecule has 1 fully saturated rings. The summed E-state index contributed by atoms with van der Waals surface area (Å²) in [6.07, 6.45) is 2.43. The van der Waals surface area contributed by atoms with Crippen molar-refractivity contribution in [3.8, 4) is 0 Å². The van der Waals surface area contributed by atoms with Crippen LogP contribution in [0.3, 0.4) is 0 Å². The van der Waals surface area contributed by atoms with E-state index in [4.69, 9.17) is 4.74 Å². The molecule has 0 bridgehead atoms. The molecule has 1 aliphatic heterocycles. The third-order valence-electron chi connectivity index (χ3n) is 5.60. The van der Waals surface area contributed by atoms with Crippen LogP contribution in [0.5, 0.6) is 0 Å². The Morgan fingerprint density at radius 1 is 0.903 bits per heavy atom. The lowest BCUT2D eigenvalue weighted by Gasteiger charge is -2.38. The number of ether oxygens (including phenoxy) is 1. The molecular formula is C26H36N2O3. The Morgan fingerprint density at radius 3 is 2.00 bits per heavy atom. The predicted octanol–water partition coefficient (Wildman–Crippen LogP) is 5.21. The molecule has 0 radical (unpaired) electrons. The maximum atomic E-state index is 12.7. The van der Waals surface area contributed by atoms with Gasteiger partial charge in [0.15, 0.2) is 0 Å². The molecule has 1 heterocycles. The van der Waals surface area contributed by atoms with Gasteiger partial charge in [-0.2, -0.15) is 0 Å². The zero-order valence-corrected chi connectivity index (χ0v) is 19.0. The second-order valence-electron chi connectivity index (χ2n) is 9.26. The summed E-state index contributed by atoms with van der Waals surface area (Å²) < 4.78 is 5.59. The highest BCUT2D eigenvalue weighted by atomic mass is 16.6. The molecule has 168 valence electrons. The largest absolute Gasteiger partial charge is 0.444 e. The molecule has 1 atom stereocenters. The fourth-order valence-corrected chi connectivity index (χ4v) is 4.13. The van der Waals surface area contributed by atoms with Crippen LogP contribution >= 0.6 is 0 Å². The number of rotatable bonds is 3. The van der Waals surface area contributed by atoms with Gasteiger partial charge in [-0.05, 0) is 44.7 Å². The Kier molecular flexibility index (Phi) is 8.10. The van der Waals surface area contributed by atoms with Gasteiger partial charge in [0.05, 0.1) is 6.04 Å². The maximum Gasteiger partial charge on any atom is 0.410 e. The first-order chi connectivity index (χ1) is 14.8. The van der Waals surface area contributed by atoms with E-state index in [1.807, 2.05) is 57.2 Å². The van der Waals surface area contributed by atoms with Crippen LogP contribution < -0.4 is 0 Å². The van der Waals surface area contributed by atoms with Crippen molar-refractivity contribution in [3.05, 3.63) is 71.8 Å². The molecule has 1 aliphatic rings. The zero-order chi connectivity index (χ0) is 22.3. The topological polar surface area (TPSA) is 53.0 Å². The molecule has 1 amide bonds. The van der Waals surface area contributed by atoms with Crippen LogP contribution in [0.25, 0.3) is 0 Å². The highest BCUT2D eigenvalue weighted by molar-refractivity contribution is 5.68. The first-order valence-electron chi connectivity index (χ1n) is 11.4. The van der Waals surface area contributed by atoms with Gasteiger partial charge < -0.3 is 14.7 Å². The summed E-state index contributed by atoms with van der Waals surface area (Å²) in [4.78, 5) is 16.6. The first kappa shape index (κ1) is 23.3. The molecule has 2 aromatic rings. The van der Waals surface area contributed by atoms with Gasteiger partial charge >= 0.3 is 6.09 Å². The molecule has 5 nitrogen and oxygen atoms in total. The number of nitrogens with zero attached hydrogens (tertiary/aromatic N) is 2. The van der Waals surface area contributed by atoms with E-state index in [9.17, 15) is 9.90 Å². The molecule has 0 saturated carbocycles. The molecule has 2 aromatic carbocycles. The lowest BCUT2D eigenvalue weighted by Crippen LogP contribution is -2.44. The van der Waals surface area contributed by atoms with E-state index in [0.29, 0.717) is 19.5 Å². The second kappa shape index (κ2) is 10.8. The van der Waals surface area contributed by atoms with Crippen molar-refractivity contribution in [2.75, 3.05) is 19.6 Å². The van der Waals surface area contributed by atoms with Crippen LogP contribution in [-0.4, -0.2) is 52.5 Å². The quantitative estimate of drug-likeness (QED) is 0.735. The van der Waals surface area contributed by atoms with Crippen LogP contribution in [0.1, 0.15) is 63.6 Å². The van der Waals surface area contributed by atoms with Crippen LogP contribution in [0.2, 0.25) is 0 Å². The second-order valence-corrected chi connectivity index (χ2v) is 9.26. The number of hydrogen-bond donors (Lipinski definition) is 1. The number of aliphatic hydroxyl groups is 1. The van der Waals surface area contributed by atoms with Crippen LogP contribution in [0.4, 0.5) is 4.79 Å². The maximum absolute atomic E-state index is 12.7. The predicted molar refractivity (Wildman–Crippen MR) is 124 cm³/mol. The number of hydrogen-bond acceptors (Lipinski definition) is 4. The molecule has 5 heteroatoms. The van der Waals surface area contributed by atoms with Crippen LogP contribution in [-0.2, 0) is 4.74 Å². The Hall–Kier alpha value is -2.37. The van der Waals surface area contributed by atoms with Gasteiger partial charge in [-0.3, -0.25) is 4.90 Å². The van der Waals surface area contributed by atoms with Crippen molar-refractivity contribution in [3.63, 3.8) is 0 Å². The first-order valence-corrected chi connectivity index (χ1v) is 11.4. The van der Waals surface area contributed by atoms with E-state index < -0.39 is 11.8 Å². The minimum atomic E-state index is -0.659.